The maximum Gasteiger partial charge on any atom is 0.234 e. The minimum atomic E-state index is -0.112. The third-order valence-electron chi connectivity index (χ3n) is 5.08. The summed E-state index contributed by atoms with van der Waals surface area (Å²) in [6, 6.07) is 0. The van der Waals surface area contributed by atoms with Crippen molar-refractivity contribution in [3.05, 3.63) is 11.7 Å². The molecule has 5 nitrogen and oxygen atoms in total. The Hall–Kier alpha value is -0.940. The van der Waals surface area contributed by atoms with E-state index in [1.165, 1.54) is 25.7 Å². The van der Waals surface area contributed by atoms with E-state index < -0.39 is 0 Å². The predicted octanol–water partition coefficient (Wildman–Crippen LogP) is 2.57. The predicted molar refractivity (Wildman–Crippen MR) is 75.1 cm³/mol. The molecular formula is C15H25N3O2. The fraction of sp³-hybridized carbons (Fsp3) is 0.867. The number of nitrogens with two attached hydrogens (primary N) is 1. The highest BCUT2D eigenvalue weighted by molar-refractivity contribution is 5.10. The fourth-order valence-corrected chi connectivity index (χ4v) is 3.29. The zero-order valence-corrected chi connectivity index (χ0v) is 12.5. The molecule has 0 radical (unpaired) electrons. The van der Waals surface area contributed by atoms with Gasteiger partial charge in [-0.3, -0.25) is 0 Å². The summed E-state index contributed by atoms with van der Waals surface area (Å²) in [5, 5.41) is 4.17. The summed E-state index contributed by atoms with van der Waals surface area (Å²) in [7, 11) is 1.72. The largest absolute Gasteiger partial charge is 0.373 e. The van der Waals surface area contributed by atoms with Gasteiger partial charge in [0.2, 0.25) is 11.7 Å². The summed E-state index contributed by atoms with van der Waals surface area (Å²) in [4.78, 5) is 4.65. The van der Waals surface area contributed by atoms with Gasteiger partial charge in [0.05, 0.1) is 5.41 Å². The number of nitrogens with zero attached hydrogens (tertiary/aromatic N) is 2. The second-order valence-electron chi connectivity index (χ2n) is 6.62. The van der Waals surface area contributed by atoms with Crippen molar-refractivity contribution in [2.45, 2.75) is 57.0 Å². The Morgan fingerprint density at radius 1 is 1.35 bits per heavy atom. The second kappa shape index (κ2) is 5.45. The van der Waals surface area contributed by atoms with Gasteiger partial charge in [-0.25, -0.2) is 0 Å². The van der Waals surface area contributed by atoms with E-state index in [2.05, 4.69) is 17.1 Å². The molecule has 1 atom stereocenters. The van der Waals surface area contributed by atoms with Crippen molar-refractivity contribution in [1.82, 2.24) is 10.1 Å². The molecular weight excluding hydrogens is 254 g/mol. The minimum Gasteiger partial charge on any atom is -0.373 e. The number of ether oxygens (including phenoxy) is 1. The molecule has 1 heterocycles. The van der Waals surface area contributed by atoms with E-state index in [9.17, 15) is 0 Å². The van der Waals surface area contributed by atoms with E-state index in [1.54, 1.807) is 7.11 Å². The molecule has 2 N–H and O–H groups in total. The van der Waals surface area contributed by atoms with Crippen LogP contribution in [0.5, 0.6) is 0 Å². The van der Waals surface area contributed by atoms with Gasteiger partial charge in [0, 0.05) is 13.7 Å². The lowest BCUT2D eigenvalue weighted by Gasteiger charge is -2.35. The molecule has 2 aliphatic carbocycles. The van der Waals surface area contributed by atoms with Crippen LogP contribution in [0.2, 0.25) is 0 Å². The fourth-order valence-electron chi connectivity index (χ4n) is 3.29. The van der Waals surface area contributed by atoms with E-state index in [-0.39, 0.29) is 11.5 Å². The van der Waals surface area contributed by atoms with Crippen LogP contribution in [0.15, 0.2) is 4.52 Å². The molecule has 3 rings (SSSR count). The first-order chi connectivity index (χ1) is 9.68. The van der Waals surface area contributed by atoms with Gasteiger partial charge in [-0.15, -0.1) is 0 Å². The van der Waals surface area contributed by atoms with Crippen molar-refractivity contribution in [2.75, 3.05) is 13.7 Å². The third kappa shape index (κ3) is 2.49. The van der Waals surface area contributed by atoms with Gasteiger partial charge < -0.3 is 15.0 Å². The molecule has 20 heavy (non-hydrogen) atoms. The van der Waals surface area contributed by atoms with Crippen molar-refractivity contribution < 1.29 is 9.26 Å². The van der Waals surface area contributed by atoms with Crippen molar-refractivity contribution in [2.24, 2.45) is 17.6 Å². The van der Waals surface area contributed by atoms with E-state index in [4.69, 9.17) is 15.0 Å². The lowest BCUT2D eigenvalue weighted by Crippen LogP contribution is -2.39. The monoisotopic (exact) mass is 279 g/mol. The number of methoxy groups -OCH3 is 1. The first kappa shape index (κ1) is 14.0. The van der Waals surface area contributed by atoms with Crippen LogP contribution in [-0.2, 0) is 10.2 Å². The Bertz CT molecular complexity index is 448. The SMILES string of the molecule is COC(c1noc(C2(CN)CCC(C)CC2)n1)C1CC1. The van der Waals surface area contributed by atoms with Crippen LogP contribution in [0.1, 0.15) is 63.3 Å². The molecule has 0 aromatic carbocycles. The molecule has 0 bridgehead atoms. The molecule has 112 valence electrons. The van der Waals surface area contributed by atoms with Gasteiger partial charge in [-0.1, -0.05) is 12.1 Å². The quantitative estimate of drug-likeness (QED) is 0.896. The maximum absolute atomic E-state index is 6.05. The molecule has 0 saturated heterocycles. The molecule has 2 fully saturated rings. The first-order valence-corrected chi connectivity index (χ1v) is 7.75. The van der Waals surface area contributed by atoms with E-state index in [1.807, 2.05) is 0 Å². The molecule has 5 heteroatoms. The van der Waals surface area contributed by atoms with Crippen LogP contribution in [0, 0.1) is 11.8 Å². The molecule has 1 aromatic heterocycles. The molecule has 0 spiro atoms. The Labute approximate surface area is 120 Å². The highest BCUT2D eigenvalue weighted by atomic mass is 16.5. The first-order valence-electron chi connectivity index (χ1n) is 7.75. The summed E-state index contributed by atoms with van der Waals surface area (Å²) in [6.45, 7) is 2.89. The van der Waals surface area contributed by atoms with Crippen molar-refractivity contribution in [3.8, 4) is 0 Å². The molecule has 2 aliphatic rings. The molecule has 2 saturated carbocycles. The summed E-state index contributed by atoms with van der Waals surface area (Å²) in [5.74, 6) is 2.77. The van der Waals surface area contributed by atoms with Crippen LogP contribution in [-0.4, -0.2) is 23.8 Å². The standard InChI is InChI=1S/C15H25N3O2/c1-10-5-7-15(9-16,8-6-10)14-17-13(18-20-14)12(19-2)11-3-4-11/h10-12H,3-9,16H2,1-2H3. The molecule has 0 aliphatic heterocycles. The van der Waals surface area contributed by atoms with Crippen LogP contribution in [0.4, 0.5) is 0 Å². The van der Waals surface area contributed by atoms with Gasteiger partial charge in [0.25, 0.3) is 0 Å². The zero-order valence-electron chi connectivity index (χ0n) is 12.5. The Kier molecular flexibility index (Phi) is 3.82. The summed E-state index contributed by atoms with van der Waals surface area (Å²) < 4.78 is 11.1. The summed E-state index contributed by atoms with van der Waals surface area (Å²) in [5.41, 5.74) is 5.94. The zero-order chi connectivity index (χ0) is 14.2. The van der Waals surface area contributed by atoms with Crippen molar-refractivity contribution in [3.63, 3.8) is 0 Å². The number of aromatic nitrogens is 2. The highest BCUT2D eigenvalue weighted by Gasteiger charge is 2.41. The molecule has 1 unspecified atom stereocenters. The number of hydrogen-bond donors (Lipinski definition) is 1. The van der Waals surface area contributed by atoms with Crippen LogP contribution in [0.25, 0.3) is 0 Å². The normalized spacial score (nSPS) is 32.2. The average molecular weight is 279 g/mol. The Balaban J connectivity index is 1.80. The van der Waals surface area contributed by atoms with Crippen LogP contribution < -0.4 is 5.73 Å². The topological polar surface area (TPSA) is 74.2 Å². The Morgan fingerprint density at radius 2 is 2.05 bits per heavy atom. The number of rotatable bonds is 5. The van der Waals surface area contributed by atoms with E-state index >= 15 is 0 Å². The smallest absolute Gasteiger partial charge is 0.234 e. The molecule has 1 aromatic rings. The van der Waals surface area contributed by atoms with Gasteiger partial charge in [-0.05, 0) is 50.4 Å². The summed E-state index contributed by atoms with van der Waals surface area (Å²) in [6.07, 6.45) is 6.85. The summed E-state index contributed by atoms with van der Waals surface area (Å²) >= 11 is 0. The number of hydrogen-bond acceptors (Lipinski definition) is 5. The lowest BCUT2D eigenvalue weighted by atomic mass is 9.71. The second-order valence-corrected chi connectivity index (χ2v) is 6.62. The van der Waals surface area contributed by atoms with Gasteiger partial charge in [0.1, 0.15) is 6.10 Å². The lowest BCUT2D eigenvalue weighted by molar-refractivity contribution is 0.0750. The van der Waals surface area contributed by atoms with Gasteiger partial charge in [0.15, 0.2) is 0 Å². The van der Waals surface area contributed by atoms with Gasteiger partial charge in [-0.2, -0.15) is 4.98 Å². The van der Waals surface area contributed by atoms with E-state index in [0.29, 0.717) is 18.3 Å². The van der Waals surface area contributed by atoms with Crippen LogP contribution in [0.3, 0.4) is 0 Å². The molecule has 0 amide bonds. The van der Waals surface area contributed by atoms with Crippen molar-refractivity contribution >= 4 is 0 Å². The van der Waals surface area contributed by atoms with Crippen LogP contribution >= 0.6 is 0 Å². The van der Waals surface area contributed by atoms with Crippen molar-refractivity contribution in [1.29, 1.82) is 0 Å². The maximum atomic E-state index is 6.05. The minimum absolute atomic E-state index is 0.00941. The van der Waals surface area contributed by atoms with E-state index in [0.717, 1.165) is 24.7 Å². The Morgan fingerprint density at radius 3 is 2.60 bits per heavy atom. The average Bonchev–Trinajstić information content (AvgIpc) is 3.18. The van der Waals surface area contributed by atoms with Gasteiger partial charge >= 0.3 is 0 Å². The highest BCUT2D eigenvalue weighted by Crippen LogP contribution is 2.44. The third-order valence-corrected chi connectivity index (χ3v) is 5.08.